The van der Waals surface area contributed by atoms with Crippen molar-refractivity contribution in [2.24, 2.45) is 0 Å². The fourth-order valence-corrected chi connectivity index (χ4v) is 3.38. The second-order valence-corrected chi connectivity index (χ2v) is 6.14. The molecule has 24 heavy (non-hydrogen) atoms. The molecule has 128 valence electrons. The van der Waals surface area contributed by atoms with Gasteiger partial charge < -0.3 is 9.63 Å². The van der Waals surface area contributed by atoms with Crippen molar-refractivity contribution < 1.29 is 23.2 Å². The Morgan fingerprint density at radius 1 is 1.38 bits per heavy atom. The largest absolute Gasteiger partial charge is 0.465 e. The normalized spacial score (nSPS) is 24.1. The van der Waals surface area contributed by atoms with E-state index < -0.39 is 23.3 Å². The molecule has 1 amide bonds. The molecule has 3 rings (SSSR count). The van der Waals surface area contributed by atoms with Crippen molar-refractivity contribution in [3.05, 3.63) is 57.6 Å². The number of aromatic amines is 1. The summed E-state index contributed by atoms with van der Waals surface area (Å²) in [4.78, 5) is 24.1. The van der Waals surface area contributed by atoms with Crippen molar-refractivity contribution >= 4 is 6.09 Å². The lowest BCUT2D eigenvalue weighted by atomic mass is 9.76. The molecule has 0 radical (unpaired) electrons. The predicted octanol–water partition coefficient (Wildman–Crippen LogP) is 3.02. The Balaban J connectivity index is 2.02. The number of hydrogen-bond acceptors (Lipinski definition) is 3. The number of nitrogens with one attached hydrogen (secondary N) is 1. The summed E-state index contributed by atoms with van der Waals surface area (Å²) in [6, 6.07) is 4.70. The summed E-state index contributed by atoms with van der Waals surface area (Å²) < 4.78 is 32.0. The zero-order valence-corrected chi connectivity index (χ0v) is 12.9. The lowest BCUT2D eigenvalue weighted by Crippen LogP contribution is -2.51. The van der Waals surface area contributed by atoms with Crippen LogP contribution < -0.4 is 5.56 Å². The van der Waals surface area contributed by atoms with Gasteiger partial charge in [-0.2, -0.15) is 5.16 Å². The van der Waals surface area contributed by atoms with Crippen LogP contribution in [0.3, 0.4) is 0 Å². The number of carboxylic acid groups (broad SMARTS) is 1. The first-order valence-electron chi connectivity index (χ1n) is 7.46. The van der Waals surface area contributed by atoms with Gasteiger partial charge in [-0.25, -0.2) is 13.6 Å². The predicted molar refractivity (Wildman–Crippen MR) is 79.7 cm³/mol. The molecular weight excluding hydrogens is 322 g/mol. The summed E-state index contributed by atoms with van der Waals surface area (Å²) in [6.45, 7) is 1.84. The molecule has 0 aliphatic carbocycles. The molecule has 2 aromatic rings. The van der Waals surface area contributed by atoms with Crippen molar-refractivity contribution in [3.63, 3.8) is 0 Å². The zero-order chi connectivity index (χ0) is 17.5. The van der Waals surface area contributed by atoms with Gasteiger partial charge in [-0.1, -0.05) is 6.07 Å². The number of hydrogen-bond donors (Lipinski definition) is 2. The van der Waals surface area contributed by atoms with Gasteiger partial charge in [0.05, 0.1) is 5.54 Å². The van der Waals surface area contributed by atoms with Crippen LogP contribution in [0, 0.1) is 11.6 Å². The van der Waals surface area contributed by atoms with E-state index in [-0.39, 0.29) is 24.4 Å². The van der Waals surface area contributed by atoms with E-state index in [1.54, 1.807) is 6.92 Å². The highest BCUT2D eigenvalue weighted by molar-refractivity contribution is 5.67. The van der Waals surface area contributed by atoms with Gasteiger partial charge in [0.1, 0.15) is 5.76 Å². The Morgan fingerprint density at radius 3 is 2.71 bits per heavy atom. The number of likely N-dealkylation sites (tertiary alicyclic amines) is 1. The van der Waals surface area contributed by atoms with Crippen LogP contribution in [0.1, 0.15) is 37.0 Å². The number of aromatic nitrogens is 1. The molecule has 2 heterocycles. The molecule has 1 fully saturated rings. The Kier molecular flexibility index (Phi) is 3.90. The van der Waals surface area contributed by atoms with Crippen LogP contribution in [0.4, 0.5) is 13.6 Å². The van der Waals surface area contributed by atoms with Crippen LogP contribution in [0.25, 0.3) is 0 Å². The van der Waals surface area contributed by atoms with E-state index in [9.17, 15) is 23.5 Å². The summed E-state index contributed by atoms with van der Waals surface area (Å²) in [7, 11) is 0. The van der Waals surface area contributed by atoms with Crippen LogP contribution in [0.2, 0.25) is 0 Å². The average molecular weight is 338 g/mol. The highest BCUT2D eigenvalue weighted by atomic mass is 19.2. The standard InChI is InChI=1S/C16H16F2N2O4/c1-16(10-2-3-11(17)12(18)6-10)8-9(4-5-20(16)15(22)23)13-7-14(21)19-24-13/h2-3,6-7,9H,4-5,8H2,1H3,(H,19,21)(H,22,23)/t9-,16+/m0/s1. The van der Waals surface area contributed by atoms with E-state index in [0.717, 1.165) is 12.1 Å². The second kappa shape index (κ2) is 5.77. The van der Waals surface area contributed by atoms with E-state index in [1.807, 2.05) is 0 Å². The molecule has 1 aliphatic heterocycles. The fraction of sp³-hybridized carbons (Fsp3) is 0.375. The van der Waals surface area contributed by atoms with Gasteiger partial charge in [-0.3, -0.25) is 9.69 Å². The molecule has 1 saturated heterocycles. The third-order valence-electron chi connectivity index (χ3n) is 4.66. The summed E-state index contributed by atoms with van der Waals surface area (Å²) >= 11 is 0. The van der Waals surface area contributed by atoms with E-state index in [1.165, 1.54) is 17.0 Å². The van der Waals surface area contributed by atoms with Crippen molar-refractivity contribution in [2.75, 3.05) is 6.54 Å². The summed E-state index contributed by atoms with van der Waals surface area (Å²) in [5, 5.41) is 11.7. The molecule has 6 nitrogen and oxygen atoms in total. The van der Waals surface area contributed by atoms with Gasteiger partial charge in [-0.15, -0.1) is 0 Å². The highest BCUT2D eigenvalue weighted by Crippen LogP contribution is 2.43. The number of halogens is 2. The maximum Gasteiger partial charge on any atom is 0.408 e. The first-order chi connectivity index (χ1) is 11.3. The van der Waals surface area contributed by atoms with Crippen LogP contribution in [-0.2, 0) is 5.54 Å². The molecular formula is C16H16F2N2O4. The van der Waals surface area contributed by atoms with Crippen LogP contribution in [0.15, 0.2) is 33.6 Å². The summed E-state index contributed by atoms with van der Waals surface area (Å²) in [5.74, 6) is -1.81. The Hall–Kier alpha value is -2.64. The number of nitrogens with zero attached hydrogens (tertiary/aromatic N) is 1. The van der Waals surface area contributed by atoms with Gasteiger partial charge in [0, 0.05) is 18.5 Å². The van der Waals surface area contributed by atoms with Gasteiger partial charge in [0.15, 0.2) is 11.6 Å². The molecule has 1 aromatic heterocycles. The van der Waals surface area contributed by atoms with E-state index in [0.29, 0.717) is 17.7 Å². The smallest absolute Gasteiger partial charge is 0.408 e. The van der Waals surface area contributed by atoms with Gasteiger partial charge in [-0.05, 0) is 37.5 Å². The molecule has 2 N–H and O–H groups in total. The lowest BCUT2D eigenvalue weighted by Gasteiger charge is -2.46. The minimum absolute atomic E-state index is 0.185. The number of rotatable bonds is 2. The van der Waals surface area contributed by atoms with Gasteiger partial charge in [0.25, 0.3) is 5.56 Å². The molecule has 0 bridgehead atoms. The maximum absolute atomic E-state index is 13.7. The van der Waals surface area contributed by atoms with Gasteiger partial charge in [0.2, 0.25) is 0 Å². The van der Waals surface area contributed by atoms with Crippen molar-refractivity contribution in [1.29, 1.82) is 0 Å². The molecule has 0 spiro atoms. The number of amides is 1. The maximum atomic E-state index is 13.7. The van der Waals surface area contributed by atoms with Gasteiger partial charge >= 0.3 is 6.09 Å². The Bertz CT molecular complexity index is 831. The zero-order valence-electron chi connectivity index (χ0n) is 12.9. The summed E-state index contributed by atoms with van der Waals surface area (Å²) in [5.41, 5.74) is -1.09. The lowest BCUT2D eigenvalue weighted by molar-refractivity contribution is 0.0438. The van der Waals surface area contributed by atoms with Crippen molar-refractivity contribution in [3.8, 4) is 0 Å². The number of benzene rings is 1. The number of piperidine rings is 1. The second-order valence-electron chi connectivity index (χ2n) is 6.14. The quantitative estimate of drug-likeness (QED) is 0.881. The highest BCUT2D eigenvalue weighted by Gasteiger charge is 2.44. The summed E-state index contributed by atoms with van der Waals surface area (Å²) in [6.07, 6.45) is -0.395. The van der Waals surface area contributed by atoms with Crippen molar-refractivity contribution in [2.45, 2.75) is 31.2 Å². The Morgan fingerprint density at radius 2 is 2.12 bits per heavy atom. The Labute approximate surface area is 135 Å². The molecule has 1 aliphatic rings. The first kappa shape index (κ1) is 16.2. The molecule has 0 unspecified atom stereocenters. The van der Waals surface area contributed by atoms with E-state index in [2.05, 4.69) is 5.16 Å². The topological polar surface area (TPSA) is 86.5 Å². The molecule has 1 aromatic carbocycles. The van der Waals surface area contributed by atoms with Crippen LogP contribution in [0.5, 0.6) is 0 Å². The number of carbonyl (C=O) groups is 1. The third-order valence-corrected chi connectivity index (χ3v) is 4.66. The van der Waals surface area contributed by atoms with Crippen LogP contribution in [-0.4, -0.2) is 27.8 Å². The van der Waals surface area contributed by atoms with Crippen LogP contribution >= 0.6 is 0 Å². The van der Waals surface area contributed by atoms with E-state index >= 15 is 0 Å². The van der Waals surface area contributed by atoms with Crippen molar-refractivity contribution in [1.82, 2.24) is 10.1 Å². The monoisotopic (exact) mass is 338 g/mol. The molecule has 8 heteroatoms. The SMILES string of the molecule is C[C@]1(c2ccc(F)c(F)c2)C[C@@H](c2cc(=O)[nH]o2)CCN1C(=O)O. The first-order valence-corrected chi connectivity index (χ1v) is 7.46. The molecule has 0 saturated carbocycles. The fourth-order valence-electron chi connectivity index (χ4n) is 3.38. The third kappa shape index (κ3) is 2.68. The minimum Gasteiger partial charge on any atom is -0.465 e. The molecule has 2 atom stereocenters. The average Bonchev–Trinajstić information content (AvgIpc) is 2.96. The van der Waals surface area contributed by atoms with E-state index in [4.69, 9.17) is 4.52 Å². The number of H-pyrrole nitrogens is 1. The minimum atomic E-state index is -1.14.